The van der Waals surface area contributed by atoms with Gasteiger partial charge in [0.25, 0.3) is 0 Å². The SMILES string of the molecule is Cc1cnc(CNC(=O)[C@H](N)C(C)C)cn1. The van der Waals surface area contributed by atoms with E-state index in [-0.39, 0.29) is 11.8 Å². The zero-order chi connectivity index (χ0) is 12.1. The monoisotopic (exact) mass is 222 g/mol. The third-order valence-electron chi connectivity index (χ3n) is 2.30. The van der Waals surface area contributed by atoms with Crippen molar-refractivity contribution >= 4 is 5.91 Å². The lowest BCUT2D eigenvalue weighted by Crippen LogP contribution is -2.43. The van der Waals surface area contributed by atoms with Crippen molar-refractivity contribution in [2.75, 3.05) is 0 Å². The number of carbonyl (C=O) groups is 1. The number of aryl methyl sites for hydroxylation is 1. The molecule has 0 aliphatic heterocycles. The predicted octanol–water partition coefficient (Wildman–Crippen LogP) is 0.385. The van der Waals surface area contributed by atoms with Gasteiger partial charge in [0.05, 0.1) is 30.2 Å². The van der Waals surface area contributed by atoms with Crippen LogP contribution in [0.1, 0.15) is 25.2 Å². The van der Waals surface area contributed by atoms with Crippen LogP contribution in [0.25, 0.3) is 0 Å². The van der Waals surface area contributed by atoms with E-state index in [0.717, 1.165) is 11.4 Å². The lowest BCUT2D eigenvalue weighted by Gasteiger charge is -2.14. The summed E-state index contributed by atoms with van der Waals surface area (Å²) >= 11 is 0. The van der Waals surface area contributed by atoms with E-state index in [1.165, 1.54) is 0 Å². The van der Waals surface area contributed by atoms with E-state index in [0.29, 0.717) is 6.54 Å². The normalized spacial score (nSPS) is 12.6. The Labute approximate surface area is 95.5 Å². The van der Waals surface area contributed by atoms with Gasteiger partial charge in [0.1, 0.15) is 0 Å². The van der Waals surface area contributed by atoms with Gasteiger partial charge in [-0.2, -0.15) is 0 Å². The van der Waals surface area contributed by atoms with E-state index in [1.54, 1.807) is 12.4 Å². The average Bonchev–Trinajstić information content (AvgIpc) is 2.26. The van der Waals surface area contributed by atoms with Gasteiger partial charge < -0.3 is 11.1 Å². The van der Waals surface area contributed by atoms with Crippen LogP contribution in [0.4, 0.5) is 0 Å². The summed E-state index contributed by atoms with van der Waals surface area (Å²) in [6.07, 6.45) is 3.32. The van der Waals surface area contributed by atoms with Crippen molar-refractivity contribution in [3.8, 4) is 0 Å². The van der Waals surface area contributed by atoms with Crippen molar-refractivity contribution in [3.63, 3.8) is 0 Å². The number of hydrogen-bond acceptors (Lipinski definition) is 4. The molecule has 88 valence electrons. The van der Waals surface area contributed by atoms with Crippen LogP contribution in [0.15, 0.2) is 12.4 Å². The number of nitrogens with two attached hydrogens (primary N) is 1. The lowest BCUT2D eigenvalue weighted by molar-refractivity contribution is -0.123. The topological polar surface area (TPSA) is 80.9 Å². The number of hydrogen-bond donors (Lipinski definition) is 2. The molecule has 5 nitrogen and oxygen atoms in total. The Hall–Kier alpha value is -1.49. The molecule has 0 radical (unpaired) electrons. The Morgan fingerprint density at radius 2 is 2.12 bits per heavy atom. The Morgan fingerprint density at radius 1 is 1.44 bits per heavy atom. The summed E-state index contributed by atoms with van der Waals surface area (Å²) in [7, 11) is 0. The zero-order valence-electron chi connectivity index (χ0n) is 9.90. The first kappa shape index (κ1) is 12.6. The minimum absolute atomic E-state index is 0.129. The van der Waals surface area contributed by atoms with Crippen LogP contribution in [0, 0.1) is 12.8 Å². The second-order valence-electron chi connectivity index (χ2n) is 4.14. The maximum atomic E-state index is 11.5. The second-order valence-corrected chi connectivity index (χ2v) is 4.14. The van der Waals surface area contributed by atoms with E-state index in [2.05, 4.69) is 15.3 Å². The first-order chi connectivity index (χ1) is 7.50. The van der Waals surface area contributed by atoms with Gasteiger partial charge in [-0.05, 0) is 12.8 Å². The Balaban J connectivity index is 2.46. The molecule has 0 spiro atoms. The smallest absolute Gasteiger partial charge is 0.237 e. The Bertz CT molecular complexity index is 348. The van der Waals surface area contributed by atoms with E-state index in [9.17, 15) is 4.79 Å². The third-order valence-corrected chi connectivity index (χ3v) is 2.30. The summed E-state index contributed by atoms with van der Waals surface area (Å²) in [5.41, 5.74) is 7.29. The maximum absolute atomic E-state index is 11.5. The largest absolute Gasteiger partial charge is 0.349 e. The highest BCUT2D eigenvalue weighted by molar-refractivity contribution is 5.81. The molecule has 0 saturated carbocycles. The van der Waals surface area contributed by atoms with E-state index >= 15 is 0 Å². The number of carbonyl (C=O) groups excluding carboxylic acids is 1. The molecule has 16 heavy (non-hydrogen) atoms. The molecule has 0 bridgehead atoms. The van der Waals surface area contributed by atoms with Gasteiger partial charge in [-0.15, -0.1) is 0 Å². The molecule has 0 aliphatic rings. The molecule has 0 aliphatic carbocycles. The zero-order valence-corrected chi connectivity index (χ0v) is 9.90. The van der Waals surface area contributed by atoms with Crippen molar-refractivity contribution in [1.82, 2.24) is 15.3 Å². The Kier molecular flexibility index (Phi) is 4.37. The highest BCUT2D eigenvalue weighted by atomic mass is 16.2. The van der Waals surface area contributed by atoms with Crippen LogP contribution >= 0.6 is 0 Å². The minimum Gasteiger partial charge on any atom is -0.349 e. The van der Waals surface area contributed by atoms with Crippen LogP contribution in [0.5, 0.6) is 0 Å². The first-order valence-electron chi connectivity index (χ1n) is 5.31. The van der Waals surface area contributed by atoms with Crippen LogP contribution < -0.4 is 11.1 Å². The van der Waals surface area contributed by atoms with Crippen molar-refractivity contribution in [3.05, 3.63) is 23.8 Å². The number of aromatic nitrogens is 2. The first-order valence-corrected chi connectivity index (χ1v) is 5.31. The molecule has 0 fully saturated rings. The quantitative estimate of drug-likeness (QED) is 0.772. The summed E-state index contributed by atoms with van der Waals surface area (Å²) in [6, 6.07) is -0.474. The second kappa shape index (κ2) is 5.55. The number of nitrogens with one attached hydrogen (secondary N) is 1. The molecule has 3 N–H and O–H groups in total. The van der Waals surface area contributed by atoms with E-state index in [1.807, 2.05) is 20.8 Å². The highest BCUT2D eigenvalue weighted by Crippen LogP contribution is 1.99. The van der Waals surface area contributed by atoms with E-state index in [4.69, 9.17) is 5.73 Å². The molecule has 0 aromatic carbocycles. The molecular formula is C11H18N4O. The van der Waals surface area contributed by atoms with E-state index < -0.39 is 6.04 Å². The van der Waals surface area contributed by atoms with Gasteiger partial charge in [-0.1, -0.05) is 13.8 Å². The summed E-state index contributed by atoms with van der Waals surface area (Å²) in [4.78, 5) is 19.8. The fourth-order valence-electron chi connectivity index (χ4n) is 1.11. The fraction of sp³-hybridized carbons (Fsp3) is 0.545. The van der Waals surface area contributed by atoms with Gasteiger partial charge >= 0.3 is 0 Å². The van der Waals surface area contributed by atoms with Crippen LogP contribution in [-0.4, -0.2) is 21.9 Å². The standard InChI is InChI=1S/C11H18N4O/c1-7(2)10(12)11(16)15-6-9-5-13-8(3)4-14-9/h4-5,7,10H,6,12H2,1-3H3,(H,15,16)/t10-/m1/s1. The Morgan fingerprint density at radius 3 is 2.62 bits per heavy atom. The molecule has 1 aromatic heterocycles. The third kappa shape index (κ3) is 3.58. The lowest BCUT2D eigenvalue weighted by atomic mass is 10.1. The predicted molar refractivity (Wildman–Crippen MR) is 61.4 cm³/mol. The molecule has 1 amide bonds. The van der Waals surface area contributed by atoms with Crippen molar-refractivity contribution in [2.24, 2.45) is 11.7 Å². The molecule has 1 rings (SSSR count). The molecular weight excluding hydrogens is 204 g/mol. The summed E-state index contributed by atoms with van der Waals surface area (Å²) in [6.45, 7) is 6.06. The number of amides is 1. The van der Waals surface area contributed by atoms with Gasteiger partial charge in [0.2, 0.25) is 5.91 Å². The molecule has 1 aromatic rings. The van der Waals surface area contributed by atoms with Gasteiger partial charge in [-0.25, -0.2) is 0 Å². The minimum atomic E-state index is -0.474. The van der Waals surface area contributed by atoms with Crippen LogP contribution in [0.3, 0.4) is 0 Å². The van der Waals surface area contributed by atoms with Crippen molar-refractivity contribution in [1.29, 1.82) is 0 Å². The van der Waals surface area contributed by atoms with Gasteiger partial charge in [0, 0.05) is 6.20 Å². The number of rotatable bonds is 4. The summed E-state index contributed by atoms with van der Waals surface area (Å²) < 4.78 is 0. The molecule has 5 heteroatoms. The molecule has 1 atom stereocenters. The molecule has 0 unspecified atom stereocenters. The molecule has 1 heterocycles. The van der Waals surface area contributed by atoms with Crippen LogP contribution in [0.2, 0.25) is 0 Å². The van der Waals surface area contributed by atoms with Gasteiger partial charge in [-0.3, -0.25) is 14.8 Å². The maximum Gasteiger partial charge on any atom is 0.237 e. The summed E-state index contributed by atoms with van der Waals surface area (Å²) in [5, 5.41) is 2.73. The fourth-order valence-corrected chi connectivity index (χ4v) is 1.11. The average molecular weight is 222 g/mol. The van der Waals surface area contributed by atoms with Crippen molar-refractivity contribution < 1.29 is 4.79 Å². The highest BCUT2D eigenvalue weighted by Gasteiger charge is 2.16. The van der Waals surface area contributed by atoms with Gasteiger partial charge in [0.15, 0.2) is 0 Å². The van der Waals surface area contributed by atoms with Crippen LogP contribution in [-0.2, 0) is 11.3 Å². The molecule has 0 saturated heterocycles. The summed E-state index contributed by atoms with van der Waals surface area (Å²) in [5.74, 6) is -0.0264. The number of nitrogens with zero attached hydrogens (tertiary/aromatic N) is 2. The van der Waals surface area contributed by atoms with Crippen molar-refractivity contribution in [2.45, 2.75) is 33.4 Å².